The third kappa shape index (κ3) is 9.01. The van der Waals surface area contributed by atoms with Crippen molar-refractivity contribution in [3.8, 4) is 55.6 Å². The Morgan fingerprint density at radius 3 is 2.01 bits per heavy atom. The molecule has 0 fully saturated rings. The van der Waals surface area contributed by atoms with Crippen molar-refractivity contribution < 1.29 is 0 Å². The first-order valence-corrected chi connectivity index (χ1v) is 28.0. The van der Waals surface area contributed by atoms with Gasteiger partial charge in [0.05, 0.1) is 11.8 Å². The van der Waals surface area contributed by atoms with Crippen LogP contribution in [0.1, 0.15) is 112 Å². The molecule has 372 valence electrons. The number of rotatable bonds is 11. The van der Waals surface area contributed by atoms with Crippen molar-refractivity contribution in [2.45, 2.75) is 104 Å². The van der Waals surface area contributed by atoms with Crippen LogP contribution in [0.2, 0.25) is 0 Å². The first-order valence-electron chi connectivity index (χ1n) is 28.0. The predicted molar refractivity (Wildman–Crippen MR) is 318 cm³/mol. The predicted octanol–water partition coefficient (Wildman–Crippen LogP) is 18.8. The molecule has 0 radical (unpaired) electrons. The summed E-state index contributed by atoms with van der Waals surface area (Å²) in [6.45, 7) is 14.3. The van der Waals surface area contributed by atoms with Gasteiger partial charge in [0.15, 0.2) is 5.84 Å². The van der Waals surface area contributed by atoms with E-state index in [9.17, 15) is 0 Å². The van der Waals surface area contributed by atoms with Crippen molar-refractivity contribution in [1.29, 1.82) is 0 Å². The molecular formula is C73H70N2. The molecule has 8 aromatic carbocycles. The summed E-state index contributed by atoms with van der Waals surface area (Å²) in [7, 11) is 0. The molecule has 4 aliphatic rings. The number of benzene rings is 8. The molecule has 1 heterocycles. The fraction of sp³-hybridized carbons (Fsp3) is 0.260. The van der Waals surface area contributed by atoms with Crippen LogP contribution in [0.4, 0.5) is 0 Å². The fourth-order valence-corrected chi connectivity index (χ4v) is 13.7. The maximum atomic E-state index is 6.02. The highest BCUT2D eigenvalue weighted by Crippen LogP contribution is 2.52. The quantitative estimate of drug-likeness (QED) is 0.123. The van der Waals surface area contributed by atoms with Crippen molar-refractivity contribution in [3.63, 3.8) is 0 Å². The third-order valence-corrected chi connectivity index (χ3v) is 17.9. The van der Waals surface area contributed by atoms with E-state index >= 15 is 0 Å². The molecule has 0 saturated carbocycles. The van der Waals surface area contributed by atoms with Gasteiger partial charge in [-0.2, -0.15) is 0 Å². The molecular weight excluding hydrogens is 905 g/mol. The maximum Gasteiger partial charge on any atom is 0.154 e. The van der Waals surface area contributed by atoms with Gasteiger partial charge in [-0.1, -0.05) is 234 Å². The van der Waals surface area contributed by atoms with Crippen LogP contribution in [0.25, 0.3) is 55.6 Å². The van der Waals surface area contributed by atoms with Gasteiger partial charge in [-0.05, 0) is 170 Å². The van der Waals surface area contributed by atoms with Gasteiger partial charge < -0.3 is 0 Å². The minimum Gasteiger partial charge on any atom is -0.263 e. The first kappa shape index (κ1) is 48.5. The molecule has 0 aromatic heterocycles. The van der Waals surface area contributed by atoms with E-state index in [1.54, 1.807) is 0 Å². The Balaban J connectivity index is 0.932. The average Bonchev–Trinajstić information content (AvgIpc) is 3.58. The molecule has 75 heavy (non-hydrogen) atoms. The second kappa shape index (κ2) is 20.4. The van der Waals surface area contributed by atoms with Crippen LogP contribution in [0, 0.1) is 24.7 Å². The highest BCUT2D eigenvalue weighted by Gasteiger charge is 2.39. The minimum absolute atomic E-state index is 0.0188. The monoisotopic (exact) mass is 975 g/mol. The van der Waals surface area contributed by atoms with E-state index in [1.165, 1.54) is 111 Å². The number of allylic oxidation sites excluding steroid dienone is 2. The Hall–Kier alpha value is -7.42. The lowest BCUT2D eigenvalue weighted by molar-refractivity contribution is 0.332. The zero-order valence-electron chi connectivity index (χ0n) is 44.8. The van der Waals surface area contributed by atoms with Gasteiger partial charge >= 0.3 is 0 Å². The lowest BCUT2D eigenvalue weighted by atomic mass is 9.75. The first-order chi connectivity index (χ1) is 36.7. The molecule has 3 aliphatic carbocycles. The molecule has 2 nitrogen and oxygen atoms in total. The highest BCUT2D eigenvalue weighted by atomic mass is 15.0. The van der Waals surface area contributed by atoms with Crippen LogP contribution in [0.5, 0.6) is 0 Å². The third-order valence-electron chi connectivity index (χ3n) is 17.9. The summed E-state index contributed by atoms with van der Waals surface area (Å²) in [4.78, 5) is 11.9. The molecule has 2 heteroatoms. The number of nitrogens with zero attached hydrogens (tertiary/aromatic N) is 2. The zero-order chi connectivity index (χ0) is 51.2. The van der Waals surface area contributed by atoms with Crippen LogP contribution in [0.15, 0.2) is 221 Å². The standard InChI is InChI=1S/C73H70N2/c1-7-49(42-56-27-15-17-31-60(56)64-46-66-63-33-19-20-36-67(63)73(5,6)68(66)41-47(64)3)55-29-21-30-58(43-55)72-74-69(45-50(8-2)71(75-72)54-39-37-52(38-40-54)51-23-11-9-12-24-51)65-44-57-28-16-18-32-62(57)70-59(48(65)4)34-22-35-61(70)53-25-13-10-14-26-53/h9-20,22-28,30-41,43,46,48-50,65,69H,7-8,21,29,42,44-45H2,1-6H3. The summed E-state index contributed by atoms with van der Waals surface area (Å²) >= 11 is 0. The lowest BCUT2D eigenvalue weighted by Gasteiger charge is -2.31. The van der Waals surface area contributed by atoms with Crippen LogP contribution in [-0.2, 0) is 18.3 Å². The Kier molecular flexibility index (Phi) is 13.2. The van der Waals surface area contributed by atoms with Gasteiger partial charge in [0.1, 0.15) is 0 Å². The van der Waals surface area contributed by atoms with Gasteiger partial charge in [-0.25, -0.2) is 4.99 Å². The number of hydrogen-bond acceptors (Lipinski definition) is 2. The number of aliphatic imine (C=N–C) groups is 2. The van der Waals surface area contributed by atoms with Crippen molar-refractivity contribution in [3.05, 3.63) is 250 Å². The van der Waals surface area contributed by atoms with E-state index in [0.717, 1.165) is 50.8 Å². The second-order valence-electron chi connectivity index (χ2n) is 22.5. The summed E-state index contributed by atoms with van der Waals surface area (Å²) in [5, 5.41) is 0. The van der Waals surface area contributed by atoms with Crippen LogP contribution >= 0.6 is 0 Å². The van der Waals surface area contributed by atoms with E-state index in [2.05, 4.69) is 242 Å². The summed E-state index contributed by atoms with van der Waals surface area (Å²) in [5.41, 5.74) is 26.8. The minimum atomic E-state index is -0.0188. The Morgan fingerprint density at radius 1 is 0.600 bits per heavy atom. The Bertz CT molecular complexity index is 3550. The normalized spacial score (nSPS) is 19.9. The molecule has 1 aliphatic heterocycles. The van der Waals surface area contributed by atoms with Gasteiger partial charge in [0, 0.05) is 16.9 Å². The zero-order valence-corrected chi connectivity index (χ0v) is 44.8. The molecule has 0 spiro atoms. The van der Waals surface area contributed by atoms with Crippen LogP contribution < -0.4 is 0 Å². The summed E-state index contributed by atoms with van der Waals surface area (Å²) in [5.74, 6) is 2.08. The van der Waals surface area contributed by atoms with E-state index in [4.69, 9.17) is 9.98 Å². The fourth-order valence-electron chi connectivity index (χ4n) is 13.7. The van der Waals surface area contributed by atoms with E-state index in [1.807, 2.05) is 0 Å². The van der Waals surface area contributed by atoms with Crippen LogP contribution in [-0.4, -0.2) is 17.6 Å². The number of hydrogen-bond donors (Lipinski definition) is 0. The van der Waals surface area contributed by atoms with Crippen molar-refractivity contribution >= 4 is 11.5 Å². The van der Waals surface area contributed by atoms with Gasteiger partial charge in [-0.3, -0.25) is 4.99 Å². The Morgan fingerprint density at radius 2 is 1.25 bits per heavy atom. The number of amidine groups is 1. The van der Waals surface area contributed by atoms with Crippen molar-refractivity contribution in [1.82, 2.24) is 0 Å². The van der Waals surface area contributed by atoms with E-state index in [-0.39, 0.29) is 29.2 Å². The highest BCUT2D eigenvalue weighted by molar-refractivity contribution is 6.14. The smallest absolute Gasteiger partial charge is 0.154 e. The number of aryl methyl sites for hydroxylation is 1. The topological polar surface area (TPSA) is 24.7 Å². The van der Waals surface area contributed by atoms with Crippen LogP contribution in [0.3, 0.4) is 0 Å². The molecule has 12 rings (SSSR count). The average molecular weight is 975 g/mol. The molecule has 5 unspecified atom stereocenters. The molecule has 5 atom stereocenters. The summed E-state index contributed by atoms with van der Waals surface area (Å²) in [6, 6.07) is 70.4. The molecule has 0 bridgehead atoms. The largest absolute Gasteiger partial charge is 0.263 e. The lowest BCUT2D eigenvalue weighted by Crippen LogP contribution is -2.29. The van der Waals surface area contributed by atoms with E-state index < -0.39 is 0 Å². The number of fused-ring (bicyclic) bond motifs is 6. The molecule has 8 aromatic rings. The summed E-state index contributed by atoms with van der Waals surface area (Å²) in [6.07, 6.45) is 12.0. The Labute approximate surface area is 446 Å². The molecule has 0 saturated heterocycles. The SMILES string of the molecule is CCC(Cc1ccccc1-c1cc2c(cc1C)C(C)(C)c1ccccc1-2)C1=CC(C2=NC(C3Cc4ccccc4-c4c(-c5ccccc5)cccc4C3C)CC(CC)C(c3ccc(-c4ccccc4)cc3)=N2)=CCC1. The molecule has 0 N–H and O–H groups in total. The van der Waals surface area contributed by atoms with Crippen molar-refractivity contribution in [2.75, 3.05) is 0 Å². The van der Waals surface area contributed by atoms with Crippen molar-refractivity contribution in [2.24, 2.45) is 27.7 Å². The summed E-state index contributed by atoms with van der Waals surface area (Å²) < 4.78 is 0. The maximum absolute atomic E-state index is 6.02. The van der Waals surface area contributed by atoms with Gasteiger partial charge in [-0.15, -0.1) is 0 Å². The van der Waals surface area contributed by atoms with Gasteiger partial charge in [0.25, 0.3) is 0 Å². The second-order valence-corrected chi connectivity index (χ2v) is 22.5. The van der Waals surface area contributed by atoms with E-state index in [0.29, 0.717) is 5.92 Å². The van der Waals surface area contributed by atoms with Gasteiger partial charge in [0.2, 0.25) is 0 Å². The molecule has 0 amide bonds.